The van der Waals surface area contributed by atoms with Crippen LogP contribution in [-0.2, 0) is 0 Å². The Morgan fingerprint density at radius 1 is 1.42 bits per heavy atom. The smallest absolute Gasteiger partial charge is 0.264 e. The average molecular weight is 270 g/mol. The number of thiophene rings is 1. The molecule has 1 aromatic heterocycles. The largest absolute Gasteiger partial charge is 0.334 e. The van der Waals surface area contributed by atoms with E-state index in [1.807, 2.05) is 35.2 Å². The molecule has 1 saturated carbocycles. The van der Waals surface area contributed by atoms with Crippen LogP contribution in [0.5, 0.6) is 0 Å². The van der Waals surface area contributed by atoms with Crippen molar-refractivity contribution in [3.05, 3.63) is 35.2 Å². The summed E-state index contributed by atoms with van der Waals surface area (Å²) in [5.74, 6) is 0.0824. The SMILES string of the molecule is N#CCCN(C(=O)c1cc2ccccc2s1)C1CC1. The summed E-state index contributed by atoms with van der Waals surface area (Å²) in [5.41, 5.74) is 0. The van der Waals surface area contributed by atoms with Crippen molar-refractivity contribution in [2.45, 2.75) is 25.3 Å². The summed E-state index contributed by atoms with van der Waals surface area (Å²) in [6.07, 6.45) is 2.55. The van der Waals surface area contributed by atoms with Crippen molar-refractivity contribution in [3.8, 4) is 6.07 Å². The molecule has 2 aromatic rings. The first-order chi connectivity index (χ1) is 9.29. The van der Waals surface area contributed by atoms with Gasteiger partial charge in [0.25, 0.3) is 5.91 Å². The summed E-state index contributed by atoms with van der Waals surface area (Å²) >= 11 is 1.54. The number of hydrogen-bond acceptors (Lipinski definition) is 3. The summed E-state index contributed by atoms with van der Waals surface area (Å²) in [7, 11) is 0. The Morgan fingerprint density at radius 3 is 2.89 bits per heavy atom. The van der Waals surface area contributed by atoms with E-state index in [0.29, 0.717) is 19.0 Å². The van der Waals surface area contributed by atoms with E-state index >= 15 is 0 Å². The van der Waals surface area contributed by atoms with Crippen molar-refractivity contribution in [1.82, 2.24) is 4.90 Å². The number of fused-ring (bicyclic) bond motifs is 1. The third kappa shape index (κ3) is 2.47. The van der Waals surface area contributed by atoms with Crippen LogP contribution in [0.4, 0.5) is 0 Å². The summed E-state index contributed by atoms with van der Waals surface area (Å²) < 4.78 is 1.14. The highest BCUT2D eigenvalue weighted by atomic mass is 32.1. The lowest BCUT2D eigenvalue weighted by molar-refractivity contribution is 0.0752. The standard InChI is InChI=1S/C15H14N2OS/c16-8-3-9-17(12-6-7-12)15(18)14-10-11-4-1-2-5-13(11)19-14/h1-2,4-5,10,12H,3,6-7,9H2. The molecule has 1 aromatic carbocycles. The Bertz CT molecular complexity index is 618. The van der Waals surface area contributed by atoms with E-state index in [-0.39, 0.29) is 5.91 Å². The highest BCUT2D eigenvalue weighted by Gasteiger charge is 2.33. The first kappa shape index (κ1) is 12.2. The second kappa shape index (κ2) is 5.02. The predicted molar refractivity (Wildman–Crippen MR) is 76.1 cm³/mol. The molecule has 0 spiro atoms. The van der Waals surface area contributed by atoms with Gasteiger partial charge in [0.2, 0.25) is 0 Å². The summed E-state index contributed by atoms with van der Waals surface area (Å²) in [6, 6.07) is 12.5. The van der Waals surface area contributed by atoms with Gasteiger partial charge in [-0.15, -0.1) is 11.3 Å². The van der Waals surface area contributed by atoms with E-state index in [4.69, 9.17) is 5.26 Å². The van der Waals surface area contributed by atoms with Crippen LogP contribution in [0.25, 0.3) is 10.1 Å². The van der Waals surface area contributed by atoms with E-state index in [0.717, 1.165) is 27.8 Å². The van der Waals surface area contributed by atoms with Gasteiger partial charge in [-0.2, -0.15) is 5.26 Å². The Labute approximate surface area is 116 Å². The Hall–Kier alpha value is -1.86. The van der Waals surface area contributed by atoms with Crippen LogP contribution < -0.4 is 0 Å². The van der Waals surface area contributed by atoms with Crippen LogP contribution >= 0.6 is 11.3 Å². The van der Waals surface area contributed by atoms with Crippen molar-refractivity contribution in [3.63, 3.8) is 0 Å². The monoisotopic (exact) mass is 270 g/mol. The lowest BCUT2D eigenvalue weighted by atomic mass is 10.2. The van der Waals surface area contributed by atoms with Gasteiger partial charge in [-0.05, 0) is 30.4 Å². The fourth-order valence-corrected chi connectivity index (χ4v) is 3.25. The highest BCUT2D eigenvalue weighted by Crippen LogP contribution is 2.31. The average Bonchev–Trinajstić information content (AvgIpc) is 3.17. The molecule has 4 heteroatoms. The molecule has 0 unspecified atom stereocenters. The maximum Gasteiger partial charge on any atom is 0.264 e. The van der Waals surface area contributed by atoms with E-state index in [1.54, 1.807) is 0 Å². The lowest BCUT2D eigenvalue weighted by Gasteiger charge is -2.20. The normalized spacial score (nSPS) is 14.3. The molecule has 1 aliphatic rings. The molecule has 1 heterocycles. The topological polar surface area (TPSA) is 44.1 Å². The molecule has 0 bridgehead atoms. The molecule has 1 amide bonds. The van der Waals surface area contributed by atoms with Crippen LogP contribution in [0.2, 0.25) is 0 Å². The van der Waals surface area contributed by atoms with Crippen LogP contribution in [0.3, 0.4) is 0 Å². The number of benzene rings is 1. The molecule has 0 saturated heterocycles. The molecular weight excluding hydrogens is 256 g/mol. The fraction of sp³-hybridized carbons (Fsp3) is 0.333. The van der Waals surface area contributed by atoms with Gasteiger partial charge in [-0.1, -0.05) is 18.2 Å². The van der Waals surface area contributed by atoms with Gasteiger partial charge < -0.3 is 4.90 Å². The third-order valence-electron chi connectivity index (χ3n) is 3.35. The zero-order valence-electron chi connectivity index (χ0n) is 10.5. The van der Waals surface area contributed by atoms with Gasteiger partial charge in [0.05, 0.1) is 17.4 Å². The molecule has 1 aliphatic carbocycles. The molecule has 0 N–H and O–H groups in total. The van der Waals surface area contributed by atoms with Gasteiger partial charge >= 0.3 is 0 Å². The molecule has 3 nitrogen and oxygen atoms in total. The van der Waals surface area contributed by atoms with Crippen molar-refractivity contribution < 1.29 is 4.79 Å². The second-order valence-electron chi connectivity index (χ2n) is 4.79. The predicted octanol–water partition coefficient (Wildman–Crippen LogP) is 3.42. The summed E-state index contributed by atoms with van der Waals surface area (Å²) in [6.45, 7) is 0.550. The maximum atomic E-state index is 12.5. The van der Waals surface area contributed by atoms with Gasteiger partial charge in [-0.3, -0.25) is 4.79 Å². The first-order valence-corrected chi connectivity index (χ1v) is 7.28. The van der Waals surface area contributed by atoms with Crippen molar-refractivity contribution in [2.24, 2.45) is 0 Å². The number of nitriles is 1. The highest BCUT2D eigenvalue weighted by molar-refractivity contribution is 7.20. The number of carbonyl (C=O) groups excluding carboxylic acids is 1. The van der Waals surface area contributed by atoms with Gasteiger partial charge in [0.1, 0.15) is 0 Å². The van der Waals surface area contributed by atoms with Gasteiger partial charge in [0.15, 0.2) is 0 Å². The molecule has 0 aliphatic heterocycles. The van der Waals surface area contributed by atoms with E-state index in [1.165, 1.54) is 11.3 Å². The quantitative estimate of drug-likeness (QED) is 0.854. The molecule has 0 atom stereocenters. The number of amides is 1. The van der Waals surface area contributed by atoms with Crippen molar-refractivity contribution in [1.29, 1.82) is 5.26 Å². The second-order valence-corrected chi connectivity index (χ2v) is 5.87. The van der Waals surface area contributed by atoms with Crippen LogP contribution in [0.15, 0.2) is 30.3 Å². The lowest BCUT2D eigenvalue weighted by Crippen LogP contribution is -2.33. The van der Waals surface area contributed by atoms with Crippen LogP contribution in [0.1, 0.15) is 28.9 Å². The molecule has 19 heavy (non-hydrogen) atoms. The zero-order valence-corrected chi connectivity index (χ0v) is 11.3. The molecule has 1 fully saturated rings. The van der Waals surface area contributed by atoms with Crippen LogP contribution in [-0.4, -0.2) is 23.4 Å². The fourth-order valence-electron chi connectivity index (χ4n) is 2.24. The van der Waals surface area contributed by atoms with E-state index in [9.17, 15) is 4.79 Å². The molecular formula is C15H14N2OS. The van der Waals surface area contributed by atoms with E-state index in [2.05, 4.69) is 6.07 Å². The Morgan fingerprint density at radius 2 is 2.21 bits per heavy atom. The minimum atomic E-state index is 0.0824. The summed E-state index contributed by atoms with van der Waals surface area (Å²) in [5, 5.41) is 9.82. The Balaban J connectivity index is 1.86. The first-order valence-electron chi connectivity index (χ1n) is 6.46. The Kier molecular flexibility index (Phi) is 3.22. The number of hydrogen-bond donors (Lipinski definition) is 0. The minimum absolute atomic E-state index is 0.0824. The van der Waals surface area contributed by atoms with Crippen LogP contribution in [0, 0.1) is 11.3 Å². The minimum Gasteiger partial charge on any atom is -0.334 e. The molecule has 3 rings (SSSR count). The number of nitrogens with zero attached hydrogens (tertiary/aromatic N) is 2. The van der Waals surface area contributed by atoms with Gasteiger partial charge in [0, 0.05) is 17.3 Å². The van der Waals surface area contributed by atoms with Crippen molar-refractivity contribution >= 4 is 27.3 Å². The maximum absolute atomic E-state index is 12.5. The zero-order chi connectivity index (χ0) is 13.2. The number of rotatable bonds is 4. The van der Waals surface area contributed by atoms with Crippen molar-refractivity contribution in [2.75, 3.05) is 6.54 Å². The third-order valence-corrected chi connectivity index (χ3v) is 4.45. The van der Waals surface area contributed by atoms with Gasteiger partial charge in [-0.25, -0.2) is 0 Å². The molecule has 96 valence electrons. The summed E-state index contributed by atoms with van der Waals surface area (Å²) in [4.78, 5) is 15.2. The number of carbonyl (C=O) groups is 1. The molecule has 0 radical (unpaired) electrons. The van der Waals surface area contributed by atoms with E-state index < -0.39 is 0 Å².